The maximum atomic E-state index is 10.3. The van der Waals surface area contributed by atoms with Crippen LogP contribution < -0.4 is 0 Å². The highest BCUT2D eigenvalue weighted by Gasteiger charge is 2.12. The Morgan fingerprint density at radius 3 is 2.83 bits per heavy atom. The number of aliphatic carboxylic acids is 1. The molecule has 0 saturated carbocycles. The fourth-order valence-corrected chi connectivity index (χ4v) is 0.985. The van der Waals surface area contributed by atoms with Crippen LogP contribution in [0.4, 0.5) is 0 Å². The number of rotatable bonds is 3. The van der Waals surface area contributed by atoms with Crippen LogP contribution in [-0.4, -0.2) is 31.3 Å². The molecule has 0 aromatic carbocycles. The summed E-state index contributed by atoms with van der Waals surface area (Å²) in [5.74, 6) is -0.221. The fraction of sp³-hybridized carbons (Fsp3) is 0.667. The topological polar surface area (TPSA) is 80.9 Å². The molecule has 0 aliphatic carbocycles. The zero-order valence-electron chi connectivity index (χ0n) is 6.93. The van der Waals surface area contributed by atoms with Crippen molar-refractivity contribution in [3.63, 3.8) is 0 Å². The molecule has 12 heavy (non-hydrogen) atoms. The van der Waals surface area contributed by atoms with Gasteiger partial charge in [0.25, 0.3) is 0 Å². The molecule has 6 nitrogen and oxygen atoms in total. The number of nitrogens with zero attached hydrogens (tertiary/aromatic N) is 4. The summed E-state index contributed by atoms with van der Waals surface area (Å²) in [4.78, 5) is 10.3. The van der Waals surface area contributed by atoms with Gasteiger partial charge < -0.3 is 5.11 Å². The molecule has 0 bridgehead atoms. The second-order valence-corrected chi connectivity index (χ2v) is 2.62. The molecular formula is C6H10N4O2. The summed E-state index contributed by atoms with van der Waals surface area (Å²) >= 11 is 0. The van der Waals surface area contributed by atoms with Gasteiger partial charge >= 0.3 is 5.97 Å². The predicted octanol–water partition coefficient (Wildman–Crippen LogP) is 0.0172. The van der Waals surface area contributed by atoms with E-state index in [0.29, 0.717) is 5.82 Å². The lowest BCUT2D eigenvalue weighted by molar-refractivity contribution is -0.137. The summed E-state index contributed by atoms with van der Waals surface area (Å²) in [5, 5.41) is 19.2. The second kappa shape index (κ2) is 3.29. The van der Waals surface area contributed by atoms with Gasteiger partial charge in [0.2, 0.25) is 0 Å². The zero-order chi connectivity index (χ0) is 9.14. The Balaban J connectivity index is 2.71. The van der Waals surface area contributed by atoms with Crippen molar-refractivity contribution in [2.75, 3.05) is 0 Å². The normalized spacial score (nSPS) is 12.8. The first-order valence-corrected chi connectivity index (χ1v) is 3.57. The van der Waals surface area contributed by atoms with Gasteiger partial charge in [-0.3, -0.25) is 4.79 Å². The molecule has 1 atom stereocenters. The van der Waals surface area contributed by atoms with Crippen LogP contribution in [0.2, 0.25) is 0 Å². The standard InChI is InChI=1S/C6H10N4O2/c1-4(3-6(11)12)10-5(2)7-8-9-10/h4H,3H2,1-2H3,(H,11,12). The molecule has 0 aliphatic heterocycles. The van der Waals surface area contributed by atoms with E-state index in [0.717, 1.165) is 0 Å². The van der Waals surface area contributed by atoms with Gasteiger partial charge in [0, 0.05) is 0 Å². The number of carboxylic acids is 1. The summed E-state index contributed by atoms with van der Waals surface area (Å²) in [6.07, 6.45) is 0.0336. The van der Waals surface area contributed by atoms with Crippen LogP contribution in [0.25, 0.3) is 0 Å². The molecule has 1 aromatic heterocycles. The first-order chi connectivity index (χ1) is 5.61. The molecule has 0 aliphatic rings. The Bertz CT molecular complexity index is 283. The van der Waals surface area contributed by atoms with Crippen LogP contribution in [0.15, 0.2) is 0 Å². The van der Waals surface area contributed by atoms with Crippen LogP contribution in [0, 0.1) is 6.92 Å². The molecule has 1 unspecified atom stereocenters. The average molecular weight is 170 g/mol. The van der Waals surface area contributed by atoms with E-state index >= 15 is 0 Å². The van der Waals surface area contributed by atoms with Crippen molar-refractivity contribution in [2.45, 2.75) is 26.3 Å². The SMILES string of the molecule is Cc1nnnn1C(C)CC(=O)O. The van der Waals surface area contributed by atoms with Crippen molar-refractivity contribution >= 4 is 5.97 Å². The molecule has 0 spiro atoms. The van der Waals surface area contributed by atoms with Gasteiger partial charge in [-0.15, -0.1) is 5.10 Å². The maximum absolute atomic E-state index is 10.3. The molecule has 66 valence electrons. The van der Waals surface area contributed by atoms with Crippen molar-refractivity contribution in [1.29, 1.82) is 0 Å². The highest BCUT2D eigenvalue weighted by molar-refractivity contribution is 5.67. The van der Waals surface area contributed by atoms with E-state index in [-0.39, 0.29) is 12.5 Å². The zero-order valence-corrected chi connectivity index (χ0v) is 6.93. The van der Waals surface area contributed by atoms with Gasteiger partial charge in [0.05, 0.1) is 12.5 Å². The Labute approximate surface area is 69.2 Å². The van der Waals surface area contributed by atoms with Crippen LogP contribution in [0.1, 0.15) is 25.2 Å². The van der Waals surface area contributed by atoms with Gasteiger partial charge in [-0.2, -0.15) is 0 Å². The highest BCUT2D eigenvalue weighted by atomic mass is 16.4. The summed E-state index contributed by atoms with van der Waals surface area (Å²) in [6, 6.07) is -0.197. The number of hydrogen-bond acceptors (Lipinski definition) is 4. The van der Waals surface area contributed by atoms with Gasteiger partial charge in [0.1, 0.15) is 5.82 Å². The monoisotopic (exact) mass is 170 g/mol. The largest absolute Gasteiger partial charge is 0.481 e. The molecular weight excluding hydrogens is 160 g/mol. The van der Waals surface area contributed by atoms with Crippen molar-refractivity contribution in [2.24, 2.45) is 0 Å². The van der Waals surface area contributed by atoms with Crippen LogP contribution >= 0.6 is 0 Å². The minimum atomic E-state index is -0.850. The van der Waals surface area contributed by atoms with Gasteiger partial charge in [-0.25, -0.2) is 4.68 Å². The molecule has 1 aromatic rings. The van der Waals surface area contributed by atoms with E-state index in [2.05, 4.69) is 15.5 Å². The molecule has 0 saturated heterocycles. The summed E-state index contributed by atoms with van der Waals surface area (Å²) < 4.78 is 1.49. The van der Waals surface area contributed by atoms with Gasteiger partial charge in [0.15, 0.2) is 0 Å². The highest BCUT2D eigenvalue weighted by Crippen LogP contribution is 2.08. The number of tetrazole rings is 1. The maximum Gasteiger partial charge on any atom is 0.305 e. The summed E-state index contributed by atoms with van der Waals surface area (Å²) in [6.45, 7) is 3.50. The van der Waals surface area contributed by atoms with Crippen molar-refractivity contribution in [1.82, 2.24) is 20.2 Å². The van der Waals surface area contributed by atoms with E-state index in [1.807, 2.05) is 0 Å². The lowest BCUT2D eigenvalue weighted by Crippen LogP contribution is -2.13. The first-order valence-electron chi connectivity index (χ1n) is 3.57. The number of carboxylic acid groups (broad SMARTS) is 1. The molecule has 1 N–H and O–H groups in total. The third kappa shape index (κ3) is 1.77. The van der Waals surface area contributed by atoms with E-state index in [1.165, 1.54) is 4.68 Å². The lowest BCUT2D eigenvalue weighted by Gasteiger charge is -2.08. The van der Waals surface area contributed by atoms with Crippen LogP contribution in [0.3, 0.4) is 0 Å². The summed E-state index contributed by atoms with van der Waals surface area (Å²) in [7, 11) is 0. The van der Waals surface area contributed by atoms with Crippen molar-refractivity contribution in [3.8, 4) is 0 Å². The molecule has 0 radical (unpaired) electrons. The van der Waals surface area contributed by atoms with Crippen LogP contribution in [0.5, 0.6) is 0 Å². The smallest absolute Gasteiger partial charge is 0.305 e. The molecule has 1 heterocycles. The summed E-state index contributed by atoms with van der Waals surface area (Å²) in [5.41, 5.74) is 0. The van der Waals surface area contributed by atoms with E-state index in [9.17, 15) is 4.79 Å². The molecule has 0 amide bonds. The predicted molar refractivity (Wildman–Crippen MR) is 39.5 cm³/mol. The fourth-order valence-electron chi connectivity index (χ4n) is 0.985. The molecule has 6 heteroatoms. The van der Waals surface area contributed by atoms with Gasteiger partial charge in [-0.05, 0) is 24.3 Å². The van der Waals surface area contributed by atoms with Gasteiger partial charge in [-0.1, -0.05) is 0 Å². The van der Waals surface area contributed by atoms with E-state index in [1.54, 1.807) is 13.8 Å². The number of hydrogen-bond donors (Lipinski definition) is 1. The van der Waals surface area contributed by atoms with E-state index < -0.39 is 5.97 Å². The third-order valence-electron chi connectivity index (χ3n) is 1.54. The Morgan fingerprint density at radius 2 is 2.42 bits per heavy atom. The Hall–Kier alpha value is -1.46. The molecule has 0 fully saturated rings. The third-order valence-corrected chi connectivity index (χ3v) is 1.54. The number of aromatic nitrogens is 4. The average Bonchev–Trinajstić information content (AvgIpc) is 2.33. The van der Waals surface area contributed by atoms with E-state index in [4.69, 9.17) is 5.11 Å². The Kier molecular flexibility index (Phi) is 2.37. The minimum Gasteiger partial charge on any atom is -0.481 e. The number of carbonyl (C=O) groups is 1. The number of aryl methyl sites for hydroxylation is 1. The first kappa shape index (κ1) is 8.63. The Morgan fingerprint density at radius 1 is 1.75 bits per heavy atom. The van der Waals surface area contributed by atoms with Crippen molar-refractivity contribution in [3.05, 3.63) is 5.82 Å². The second-order valence-electron chi connectivity index (χ2n) is 2.62. The minimum absolute atomic E-state index is 0.0336. The quantitative estimate of drug-likeness (QED) is 0.691. The van der Waals surface area contributed by atoms with Crippen LogP contribution in [-0.2, 0) is 4.79 Å². The lowest BCUT2D eigenvalue weighted by atomic mass is 10.2. The van der Waals surface area contributed by atoms with Crippen molar-refractivity contribution < 1.29 is 9.90 Å². The molecule has 1 rings (SSSR count).